The molecule has 2 N–H and O–H groups in total. The largest absolute Gasteiger partial charge is 0.357 e. The summed E-state index contributed by atoms with van der Waals surface area (Å²) in [6, 6.07) is 7.24. The van der Waals surface area contributed by atoms with Gasteiger partial charge in [-0.25, -0.2) is 13.1 Å². The molecule has 0 bridgehead atoms. The molecule has 11 heteroatoms. The normalized spacial score (nSPS) is 11.9. The highest BCUT2D eigenvalue weighted by Crippen LogP contribution is 2.25. The number of nitrogens with one attached hydrogen (secondary N) is 2. The number of hydrogen-bond acceptors (Lipinski definition) is 5. The Kier molecular flexibility index (Phi) is 11.2. The van der Waals surface area contributed by atoms with E-state index in [1.807, 2.05) is 20.0 Å². The SMILES string of the molecule is CCNC(=NCCNS(=O)(=O)c1ccc(Cl)s1)N(C)CCc1cccs1.I. The predicted octanol–water partition coefficient (Wildman–Crippen LogP) is 3.50. The van der Waals surface area contributed by atoms with E-state index in [-0.39, 0.29) is 34.7 Å². The number of halogens is 2. The summed E-state index contributed by atoms with van der Waals surface area (Å²) in [5.74, 6) is 0.766. The maximum atomic E-state index is 12.2. The third kappa shape index (κ3) is 8.24. The molecule has 0 aliphatic heterocycles. The van der Waals surface area contributed by atoms with Crippen LogP contribution in [0.2, 0.25) is 4.34 Å². The van der Waals surface area contributed by atoms with Gasteiger partial charge in [0.25, 0.3) is 0 Å². The van der Waals surface area contributed by atoms with Crippen molar-refractivity contribution in [3.8, 4) is 0 Å². The van der Waals surface area contributed by atoms with E-state index in [4.69, 9.17) is 11.6 Å². The summed E-state index contributed by atoms with van der Waals surface area (Å²) >= 11 is 8.58. The molecule has 0 fully saturated rings. The molecule has 2 aromatic rings. The van der Waals surface area contributed by atoms with Crippen LogP contribution >= 0.6 is 58.3 Å². The lowest BCUT2D eigenvalue weighted by atomic mass is 10.3. The maximum Gasteiger partial charge on any atom is 0.250 e. The monoisotopic (exact) mass is 562 g/mol. The van der Waals surface area contributed by atoms with Gasteiger partial charge in [0, 0.05) is 31.6 Å². The van der Waals surface area contributed by atoms with Crippen molar-refractivity contribution < 1.29 is 8.42 Å². The Balaban J connectivity index is 0.00000364. The first-order valence-corrected chi connectivity index (χ1v) is 11.7. The van der Waals surface area contributed by atoms with Crippen molar-refractivity contribution in [2.45, 2.75) is 17.6 Å². The molecule has 0 atom stereocenters. The number of rotatable bonds is 9. The average molecular weight is 563 g/mol. The van der Waals surface area contributed by atoms with Gasteiger partial charge in [0.1, 0.15) is 4.21 Å². The first kappa shape index (κ1) is 24.6. The standard InChI is InChI=1S/C16H23ClN4O2S3.HI/c1-3-18-16(21(2)11-8-13-5-4-12-24-13)19-9-10-20-26(22,23)15-7-6-14(17)25-15;/h4-7,12,20H,3,8-11H2,1-2H3,(H,18,19);1H. The molecule has 0 saturated carbocycles. The topological polar surface area (TPSA) is 73.8 Å². The van der Waals surface area contributed by atoms with Crippen molar-refractivity contribution in [2.75, 3.05) is 33.2 Å². The zero-order valence-electron chi connectivity index (χ0n) is 15.1. The summed E-state index contributed by atoms with van der Waals surface area (Å²) < 4.78 is 27.5. The number of hydrogen-bond donors (Lipinski definition) is 2. The molecule has 0 radical (unpaired) electrons. The molecule has 0 aromatic carbocycles. The van der Waals surface area contributed by atoms with Crippen molar-refractivity contribution in [2.24, 2.45) is 4.99 Å². The fraction of sp³-hybridized carbons (Fsp3) is 0.438. The number of nitrogens with zero attached hydrogens (tertiary/aromatic N) is 2. The lowest BCUT2D eigenvalue weighted by Gasteiger charge is -2.21. The minimum absolute atomic E-state index is 0. The van der Waals surface area contributed by atoms with Crippen LogP contribution in [0.25, 0.3) is 0 Å². The van der Waals surface area contributed by atoms with Gasteiger partial charge in [-0.2, -0.15) is 0 Å². The van der Waals surface area contributed by atoms with Gasteiger partial charge in [0.2, 0.25) is 10.0 Å². The third-order valence-corrected chi connectivity index (χ3v) is 7.57. The predicted molar refractivity (Wildman–Crippen MR) is 127 cm³/mol. The molecular formula is C16H24ClIN4O2S3. The summed E-state index contributed by atoms with van der Waals surface area (Å²) in [4.78, 5) is 7.88. The van der Waals surface area contributed by atoms with Crippen LogP contribution in [0.15, 0.2) is 38.8 Å². The van der Waals surface area contributed by atoms with E-state index in [1.54, 1.807) is 17.4 Å². The fourth-order valence-corrected chi connectivity index (χ4v) is 5.41. The van der Waals surface area contributed by atoms with Crippen LogP contribution in [0.5, 0.6) is 0 Å². The van der Waals surface area contributed by atoms with Crippen LogP contribution in [-0.2, 0) is 16.4 Å². The summed E-state index contributed by atoms with van der Waals surface area (Å²) in [6.45, 7) is 4.18. The molecule has 0 saturated heterocycles. The van der Waals surface area contributed by atoms with Crippen molar-refractivity contribution in [1.82, 2.24) is 14.9 Å². The molecule has 6 nitrogen and oxygen atoms in total. The molecule has 0 aliphatic rings. The number of guanidine groups is 1. The molecule has 2 heterocycles. The van der Waals surface area contributed by atoms with Gasteiger partial charge in [-0.15, -0.1) is 46.7 Å². The zero-order valence-corrected chi connectivity index (χ0v) is 20.7. The van der Waals surface area contributed by atoms with Crippen molar-refractivity contribution in [3.05, 3.63) is 38.9 Å². The van der Waals surface area contributed by atoms with Crippen molar-refractivity contribution in [1.29, 1.82) is 0 Å². The minimum atomic E-state index is -3.53. The fourth-order valence-electron chi connectivity index (χ4n) is 2.16. The average Bonchev–Trinajstić information content (AvgIpc) is 3.27. The van der Waals surface area contributed by atoms with Gasteiger partial charge in [0.15, 0.2) is 5.96 Å². The smallest absolute Gasteiger partial charge is 0.250 e. The van der Waals surface area contributed by atoms with Gasteiger partial charge in [-0.1, -0.05) is 17.7 Å². The first-order chi connectivity index (χ1) is 12.4. The molecule has 152 valence electrons. The summed E-state index contributed by atoms with van der Waals surface area (Å²) in [7, 11) is -1.55. The van der Waals surface area contributed by atoms with Gasteiger partial charge >= 0.3 is 0 Å². The Morgan fingerprint density at radius 2 is 2.11 bits per heavy atom. The zero-order chi connectivity index (χ0) is 19.0. The molecule has 0 unspecified atom stereocenters. The Hall–Kier alpha value is -0.400. The van der Waals surface area contributed by atoms with E-state index < -0.39 is 10.0 Å². The van der Waals surface area contributed by atoms with Crippen LogP contribution in [0.3, 0.4) is 0 Å². The highest BCUT2D eigenvalue weighted by atomic mass is 127. The van der Waals surface area contributed by atoms with Crippen molar-refractivity contribution in [3.63, 3.8) is 0 Å². The van der Waals surface area contributed by atoms with Gasteiger partial charge in [-0.05, 0) is 36.9 Å². The Morgan fingerprint density at radius 3 is 2.70 bits per heavy atom. The van der Waals surface area contributed by atoms with E-state index >= 15 is 0 Å². The molecule has 2 aromatic heterocycles. The molecular weight excluding hydrogens is 539 g/mol. The quantitative estimate of drug-likeness (QED) is 0.212. The Labute approximate surface area is 191 Å². The molecule has 0 aliphatic carbocycles. The summed E-state index contributed by atoms with van der Waals surface area (Å²) in [6.07, 6.45) is 0.949. The van der Waals surface area contributed by atoms with E-state index in [9.17, 15) is 8.42 Å². The van der Waals surface area contributed by atoms with E-state index in [0.717, 1.165) is 36.8 Å². The second-order valence-corrected chi connectivity index (χ2v) is 10.2. The van der Waals surface area contributed by atoms with Crippen LogP contribution in [0.4, 0.5) is 0 Å². The number of sulfonamides is 1. The molecule has 0 amide bonds. The second kappa shape index (κ2) is 12.2. The number of aliphatic imine (C=N–C) groups is 1. The highest BCUT2D eigenvalue weighted by molar-refractivity contribution is 14.0. The van der Waals surface area contributed by atoms with E-state index in [2.05, 4.69) is 31.4 Å². The Bertz CT molecular complexity index is 810. The van der Waals surface area contributed by atoms with E-state index in [1.165, 1.54) is 10.9 Å². The third-order valence-electron chi connectivity index (χ3n) is 3.45. The van der Waals surface area contributed by atoms with Crippen LogP contribution in [-0.4, -0.2) is 52.5 Å². The van der Waals surface area contributed by atoms with Crippen LogP contribution < -0.4 is 10.0 Å². The molecule has 27 heavy (non-hydrogen) atoms. The number of thiophene rings is 2. The summed E-state index contributed by atoms with van der Waals surface area (Å²) in [5, 5.41) is 5.30. The highest BCUT2D eigenvalue weighted by Gasteiger charge is 2.15. The van der Waals surface area contributed by atoms with E-state index in [0.29, 0.717) is 10.9 Å². The lowest BCUT2D eigenvalue weighted by molar-refractivity contribution is 0.486. The second-order valence-electron chi connectivity index (χ2n) is 5.44. The number of likely N-dealkylation sites (N-methyl/N-ethyl adjacent to an activating group) is 1. The van der Waals surface area contributed by atoms with Crippen LogP contribution in [0.1, 0.15) is 11.8 Å². The Morgan fingerprint density at radius 1 is 1.33 bits per heavy atom. The molecule has 0 spiro atoms. The van der Waals surface area contributed by atoms with Crippen molar-refractivity contribution >= 4 is 74.2 Å². The van der Waals surface area contributed by atoms with Gasteiger partial charge in [-0.3, -0.25) is 4.99 Å². The van der Waals surface area contributed by atoms with Crippen LogP contribution in [0, 0.1) is 0 Å². The summed E-state index contributed by atoms with van der Waals surface area (Å²) in [5.41, 5.74) is 0. The minimum Gasteiger partial charge on any atom is -0.357 e. The molecule has 2 rings (SSSR count). The first-order valence-electron chi connectivity index (χ1n) is 8.19. The lowest BCUT2D eigenvalue weighted by Crippen LogP contribution is -2.40. The van der Waals surface area contributed by atoms with Gasteiger partial charge < -0.3 is 10.2 Å². The van der Waals surface area contributed by atoms with Gasteiger partial charge in [0.05, 0.1) is 10.9 Å². The maximum absolute atomic E-state index is 12.2.